The average Bonchev–Trinajstić information content (AvgIpc) is 3.16. The van der Waals surface area contributed by atoms with Crippen molar-refractivity contribution in [3.05, 3.63) is 32.5 Å². The number of nitro benzene ring substituents is 1. The minimum absolute atomic E-state index is 0.194. The lowest BCUT2D eigenvalue weighted by atomic mass is 10.2. The molecule has 0 unspecified atom stereocenters. The van der Waals surface area contributed by atoms with Gasteiger partial charge in [-0.3, -0.25) is 10.1 Å². The van der Waals surface area contributed by atoms with Crippen molar-refractivity contribution < 1.29 is 14.1 Å². The van der Waals surface area contributed by atoms with Gasteiger partial charge in [0.2, 0.25) is 0 Å². The molecule has 0 aromatic heterocycles. The van der Waals surface area contributed by atoms with Crippen LogP contribution in [0.3, 0.4) is 0 Å². The third kappa shape index (κ3) is 4.14. The minimum atomic E-state index is -0.651. The lowest BCUT2D eigenvalue weighted by Gasteiger charge is -2.08. The van der Waals surface area contributed by atoms with Crippen LogP contribution >= 0.6 is 15.9 Å². The highest BCUT2D eigenvalue weighted by atomic mass is 79.9. The monoisotopic (exact) mass is 332 g/mol. The molecule has 1 aromatic rings. The van der Waals surface area contributed by atoms with Crippen molar-refractivity contribution in [2.24, 2.45) is 5.92 Å². The van der Waals surface area contributed by atoms with E-state index in [0.717, 1.165) is 12.7 Å². The van der Waals surface area contributed by atoms with Gasteiger partial charge in [0, 0.05) is 13.2 Å². The van der Waals surface area contributed by atoms with Crippen molar-refractivity contribution in [2.75, 3.05) is 25.1 Å². The SMILES string of the molecule is O=[N+]([O-])c1cc(F)c(Br)cc1NCCOCC1CC1. The van der Waals surface area contributed by atoms with Gasteiger partial charge in [-0.2, -0.15) is 0 Å². The number of rotatable bonds is 7. The van der Waals surface area contributed by atoms with Gasteiger partial charge in [-0.25, -0.2) is 4.39 Å². The van der Waals surface area contributed by atoms with Crippen molar-refractivity contribution in [3.8, 4) is 0 Å². The Morgan fingerprint density at radius 3 is 2.89 bits per heavy atom. The Morgan fingerprint density at radius 2 is 2.26 bits per heavy atom. The first-order chi connectivity index (χ1) is 9.08. The van der Waals surface area contributed by atoms with Gasteiger partial charge in [-0.15, -0.1) is 0 Å². The molecule has 0 atom stereocenters. The summed E-state index contributed by atoms with van der Waals surface area (Å²) in [5, 5.41) is 13.7. The first kappa shape index (κ1) is 14.2. The Bertz CT molecular complexity index is 480. The summed E-state index contributed by atoms with van der Waals surface area (Å²) < 4.78 is 18.9. The van der Waals surface area contributed by atoms with Crippen molar-refractivity contribution in [1.82, 2.24) is 0 Å². The van der Waals surface area contributed by atoms with Crippen LogP contribution in [0.25, 0.3) is 0 Å². The molecule has 0 amide bonds. The van der Waals surface area contributed by atoms with Gasteiger partial charge in [-0.1, -0.05) is 0 Å². The van der Waals surface area contributed by atoms with Crippen LogP contribution in [-0.2, 0) is 4.74 Å². The summed E-state index contributed by atoms with van der Waals surface area (Å²) >= 11 is 3.01. The molecule has 0 bridgehead atoms. The number of ether oxygens (including phenoxy) is 1. The van der Waals surface area contributed by atoms with Crippen LogP contribution in [0.4, 0.5) is 15.8 Å². The summed E-state index contributed by atoms with van der Waals surface area (Å²) in [6.45, 7) is 1.67. The smallest absolute Gasteiger partial charge is 0.295 e. The second kappa shape index (κ2) is 6.29. The van der Waals surface area contributed by atoms with Crippen LogP contribution in [0, 0.1) is 21.8 Å². The molecule has 1 fully saturated rings. The quantitative estimate of drug-likeness (QED) is 0.472. The maximum atomic E-state index is 13.3. The van der Waals surface area contributed by atoms with Crippen molar-refractivity contribution in [1.29, 1.82) is 0 Å². The molecule has 0 aliphatic heterocycles. The highest BCUT2D eigenvalue weighted by Gasteiger charge is 2.21. The molecule has 104 valence electrons. The topological polar surface area (TPSA) is 64.4 Å². The van der Waals surface area contributed by atoms with Gasteiger partial charge < -0.3 is 10.1 Å². The van der Waals surface area contributed by atoms with Gasteiger partial charge in [0.05, 0.1) is 22.1 Å². The highest BCUT2D eigenvalue weighted by molar-refractivity contribution is 9.10. The number of hydrogen-bond acceptors (Lipinski definition) is 4. The Hall–Kier alpha value is -1.21. The fourth-order valence-electron chi connectivity index (χ4n) is 1.62. The Balaban J connectivity index is 1.89. The fourth-order valence-corrected chi connectivity index (χ4v) is 1.96. The molecule has 0 heterocycles. The summed E-state index contributed by atoms with van der Waals surface area (Å²) in [5.41, 5.74) is 0.0104. The maximum absolute atomic E-state index is 13.3. The molecule has 1 aromatic carbocycles. The molecule has 1 aliphatic carbocycles. The number of nitrogens with zero attached hydrogens (tertiary/aromatic N) is 1. The average molecular weight is 333 g/mol. The van der Waals surface area contributed by atoms with E-state index >= 15 is 0 Å². The molecule has 2 rings (SSSR count). The summed E-state index contributed by atoms with van der Waals surface area (Å²) in [6, 6.07) is 2.27. The molecule has 7 heteroatoms. The van der Waals surface area contributed by atoms with E-state index in [2.05, 4.69) is 21.2 Å². The van der Waals surface area contributed by atoms with E-state index in [-0.39, 0.29) is 15.8 Å². The van der Waals surface area contributed by atoms with Crippen molar-refractivity contribution in [3.63, 3.8) is 0 Å². The number of benzene rings is 1. The van der Waals surface area contributed by atoms with Crippen molar-refractivity contribution in [2.45, 2.75) is 12.8 Å². The third-order valence-corrected chi connectivity index (χ3v) is 3.46. The zero-order valence-electron chi connectivity index (χ0n) is 10.2. The molecular formula is C12H14BrFN2O3. The van der Waals surface area contributed by atoms with Gasteiger partial charge in [-0.05, 0) is 40.8 Å². The van der Waals surface area contributed by atoms with Crippen LogP contribution < -0.4 is 5.32 Å². The summed E-state index contributed by atoms with van der Waals surface area (Å²) in [5.74, 6) is 0.0385. The number of nitro groups is 1. The fraction of sp³-hybridized carbons (Fsp3) is 0.500. The second-order valence-electron chi connectivity index (χ2n) is 4.49. The first-order valence-corrected chi connectivity index (χ1v) is 6.82. The predicted octanol–water partition coefficient (Wildman–Crippen LogP) is 3.33. The number of halogens is 2. The number of anilines is 1. The van der Waals surface area contributed by atoms with E-state index in [1.165, 1.54) is 18.9 Å². The molecule has 19 heavy (non-hydrogen) atoms. The molecule has 1 aliphatic rings. The molecule has 5 nitrogen and oxygen atoms in total. The van der Waals surface area contributed by atoms with E-state index < -0.39 is 10.7 Å². The molecule has 0 radical (unpaired) electrons. The number of nitrogens with one attached hydrogen (secondary N) is 1. The lowest BCUT2D eigenvalue weighted by Crippen LogP contribution is -2.12. The zero-order valence-corrected chi connectivity index (χ0v) is 11.8. The Morgan fingerprint density at radius 1 is 1.53 bits per heavy atom. The van der Waals surface area contributed by atoms with Crippen LogP contribution in [0.1, 0.15) is 12.8 Å². The molecule has 0 saturated heterocycles. The van der Waals surface area contributed by atoms with Crippen LogP contribution in [0.5, 0.6) is 0 Å². The van der Waals surface area contributed by atoms with Crippen molar-refractivity contribution >= 4 is 27.3 Å². The van der Waals surface area contributed by atoms with Gasteiger partial charge in [0.1, 0.15) is 11.5 Å². The standard InChI is InChI=1S/C12H14BrFN2O3/c13-9-5-11(12(16(17)18)6-10(9)14)15-3-4-19-7-8-1-2-8/h5-6,8,15H,1-4,7H2. The van der Waals surface area contributed by atoms with Gasteiger partial charge in [0.15, 0.2) is 0 Å². The van der Waals surface area contributed by atoms with Crippen LogP contribution in [-0.4, -0.2) is 24.7 Å². The normalized spacial score (nSPS) is 14.4. The van der Waals surface area contributed by atoms with E-state index in [9.17, 15) is 14.5 Å². The summed E-state index contributed by atoms with van der Waals surface area (Å²) in [6.07, 6.45) is 2.45. The van der Waals surface area contributed by atoms with Gasteiger partial charge >= 0.3 is 0 Å². The summed E-state index contributed by atoms with van der Waals surface area (Å²) in [4.78, 5) is 10.2. The molecule has 1 N–H and O–H groups in total. The van der Waals surface area contributed by atoms with E-state index in [1.807, 2.05) is 0 Å². The summed E-state index contributed by atoms with van der Waals surface area (Å²) in [7, 11) is 0. The lowest BCUT2D eigenvalue weighted by molar-refractivity contribution is -0.384. The van der Waals surface area contributed by atoms with E-state index in [4.69, 9.17) is 4.74 Å². The predicted molar refractivity (Wildman–Crippen MR) is 72.8 cm³/mol. The van der Waals surface area contributed by atoms with E-state index in [0.29, 0.717) is 19.1 Å². The van der Waals surface area contributed by atoms with Crippen LogP contribution in [0.15, 0.2) is 16.6 Å². The largest absolute Gasteiger partial charge is 0.379 e. The molecule has 1 saturated carbocycles. The third-order valence-electron chi connectivity index (χ3n) is 2.85. The Labute approximate surface area is 118 Å². The minimum Gasteiger partial charge on any atom is -0.379 e. The first-order valence-electron chi connectivity index (χ1n) is 6.03. The molecular weight excluding hydrogens is 319 g/mol. The molecule has 0 spiro atoms. The highest BCUT2D eigenvalue weighted by Crippen LogP contribution is 2.30. The van der Waals surface area contributed by atoms with Gasteiger partial charge in [0.25, 0.3) is 5.69 Å². The van der Waals surface area contributed by atoms with Crippen LogP contribution in [0.2, 0.25) is 0 Å². The Kier molecular flexibility index (Phi) is 4.71. The maximum Gasteiger partial charge on any atom is 0.295 e. The number of hydrogen-bond donors (Lipinski definition) is 1. The second-order valence-corrected chi connectivity index (χ2v) is 5.34. The van der Waals surface area contributed by atoms with E-state index in [1.54, 1.807) is 0 Å². The zero-order chi connectivity index (χ0) is 13.8.